The summed E-state index contributed by atoms with van der Waals surface area (Å²) in [5.41, 5.74) is 1.17. The molecule has 1 aromatic carbocycles. The lowest BCUT2D eigenvalue weighted by molar-refractivity contribution is -0.120. The number of phenols is 1. The van der Waals surface area contributed by atoms with Gasteiger partial charge in [-0.3, -0.25) is 4.79 Å². The predicted octanol–water partition coefficient (Wildman–Crippen LogP) is 1.02. The fourth-order valence-electron chi connectivity index (χ4n) is 0.730. The van der Waals surface area contributed by atoms with Crippen LogP contribution in [0.15, 0.2) is 24.3 Å². The second-order valence-electron chi connectivity index (χ2n) is 2.94. The number of aldehydes is 1. The van der Waals surface area contributed by atoms with Gasteiger partial charge in [-0.1, -0.05) is 17.7 Å². The van der Waals surface area contributed by atoms with Crippen molar-refractivity contribution in [2.45, 2.75) is 13.8 Å². The summed E-state index contributed by atoms with van der Waals surface area (Å²) in [7, 11) is 0. The second kappa shape index (κ2) is 7.55. The van der Waals surface area contributed by atoms with E-state index >= 15 is 0 Å². The molecule has 1 rings (SSSR count). The molecule has 0 unspecified atom stereocenters. The van der Waals surface area contributed by atoms with E-state index in [1.54, 1.807) is 12.1 Å². The van der Waals surface area contributed by atoms with Crippen LogP contribution in [0.25, 0.3) is 0 Å². The molecule has 15 heavy (non-hydrogen) atoms. The lowest BCUT2D eigenvalue weighted by Crippen LogP contribution is -2.21. The summed E-state index contributed by atoms with van der Waals surface area (Å²) in [4.78, 5) is 19.4. The molecule has 0 aliphatic heterocycles. The van der Waals surface area contributed by atoms with Gasteiger partial charge in [-0.2, -0.15) is 0 Å². The number of benzene rings is 1. The molecule has 4 nitrogen and oxygen atoms in total. The van der Waals surface area contributed by atoms with Crippen molar-refractivity contribution in [3.63, 3.8) is 0 Å². The van der Waals surface area contributed by atoms with Gasteiger partial charge < -0.3 is 15.2 Å². The molecule has 82 valence electrons. The quantitative estimate of drug-likeness (QED) is 0.715. The highest BCUT2D eigenvalue weighted by atomic mass is 16.3. The molecule has 4 heteroatoms. The lowest BCUT2D eigenvalue weighted by atomic mass is 10.2. The third-order valence-electron chi connectivity index (χ3n) is 1.47. The summed E-state index contributed by atoms with van der Waals surface area (Å²) < 4.78 is 0. The van der Waals surface area contributed by atoms with Crippen LogP contribution < -0.4 is 5.32 Å². The Morgan fingerprint density at radius 3 is 2.20 bits per heavy atom. The van der Waals surface area contributed by atoms with Gasteiger partial charge in [-0.15, -0.1) is 0 Å². The fraction of sp³-hybridized carbons (Fsp3) is 0.273. The molecule has 0 radical (unpaired) electrons. The number of carbonyl (C=O) groups is 2. The van der Waals surface area contributed by atoms with Crippen molar-refractivity contribution in [3.05, 3.63) is 29.8 Å². The highest BCUT2D eigenvalue weighted by Gasteiger charge is 1.83. The summed E-state index contributed by atoms with van der Waals surface area (Å²) in [6.07, 6.45) is 0.640. The van der Waals surface area contributed by atoms with Crippen molar-refractivity contribution < 1.29 is 14.7 Å². The molecule has 0 aliphatic rings. The average Bonchev–Trinajstić information content (AvgIpc) is 2.20. The second-order valence-corrected chi connectivity index (χ2v) is 2.94. The topological polar surface area (TPSA) is 66.4 Å². The standard InChI is InChI=1S/C7H8O.C4H7NO2/c1-6-2-4-7(8)5-3-6;1-4(7)5-2-3-6/h2-5,8H,1H3;3H,2H2,1H3,(H,5,7). The number of amides is 1. The molecular weight excluding hydrogens is 194 g/mol. The lowest BCUT2D eigenvalue weighted by Gasteiger charge is -1.89. The van der Waals surface area contributed by atoms with Gasteiger partial charge in [0.1, 0.15) is 12.0 Å². The first kappa shape index (κ1) is 13.2. The van der Waals surface area contributed by atoms with Gasteiger partial charge in [0.25, 0.3) is 0 Å². The summed E-state index contributed by atoms with van der Waals surface area (Å²) in [5.74, 6) is 0.155. The van der Waals surface area contributed by atoms with Crippen LogP contribution in [0.1, 0.15) is 12.5 Å². The van der Waals surface area contributed by atoms with E-state index in [0.29, 0.717) is 12.0 Å². The number of rotatable bonds is 2. The van der Waals surface area contributed by atoms with E-state index in [9.17, 15) is 9.59 Å². The van der Waals surface area contributed by atoms with Gasteiger partial charge in [0, 0.05) is 6.92 Å². The van der Waals surface area contributed by atoms with Crippen LogP contribution in [-0.2, 0) is 9.59 Å². The number of aryl methyl sites for hydroxylation is 1. The Labute approximate surface area is 88.9 Å². The van der Waals surface area contributed by atoms with Crippen LogP contribution in [0.3, 0.4) is 0 Å². The zero-order valence-corrected chi connectivity index (χ0v) is 8.86. The third-order valence-corrected chi connectivity index (χ3v) is 1.47. The maximum Gasteiger partial charge on any atom is 0.217 e. The number of carbonyl (C=O) groups excluding carboxylic acids is 2. The third kappa shape index (κ3) is 8.49. The number of hydrogen-bond acceptors (Lipinski definition) is 3. The Morgan fingerprint density at radius 1 is 1.40 bits per heavy atom. The van der Waals surface area contributed by atoms with E-state index < -0.39 is 0 Å². The molecule has 0 bridgehead atoms. The molecule has 0 saturated heterocycles. The number of hydrogen-bond donors (Lipinski definition) is 2. The predicted molar refractivity (Wildman–Crippen MR) is 57.6 cm³/mol. The first-order chi connectivity index (χ1) is 7.06. The van der Waals surface area contributed by atoms with Crippen molar-refractivity contribution in [1.82, 2.24) is 5.32 Å². The Bertz CT molecular complexity index is 285. The molecule has 0 fully saturated rings. The SMILES string of the molecule is CC(=O)NCC=O.Cc1ccc(O)cc1. The summed E-state index contributed by atoms with van der Waals surface area (Å²) in [5, 5.41) is 11.0. The summed E-state index contributed by atoms with van der Waals surface area (Å²) in [6.45, 7) is 3.47. The highest BCUT2D eigenvalue weighted by Crippen LogP contribution is 2.07. The van der Waals surface area contributed by atoms with Crippen LogP contribution in [0.4, 0.5) is 0 Å². The van der Waals surface area contributed by atoms with Crippen molar-refractivity contribution >= 4 is 12.2 Å². The molecular formula is C11H15NO3. The van der Waals surface area contributed by atoms with E-state index in [2.05, 4.69) is 5.32 Å². The molecule has 0 spiro atoms. The van der Waals surface area contributed by atoms with Gasteiger partial charge in [0.05, 0.1) is 6.54 Å². The monoisotopic (exact) mass is 209 g/mol. The minimum atomic E-state index is -0.174. The molecule has 0 atom stereocenters. The van der Waals surface area contributed by atoms with Gasteiger partial charge >= 0.3 is 0 Å². The maximum atomic E-state index is 9.93. The minimum Gasteiger partial charge on any atom is -0.508 e. The first-order valence-corrected chi connectivity index (χ1v) is 4.50. The van der Waals surface area contributed by atoms with Crippen LogP contribution in [-0.4, -0.2) is 23.8 Å². The van der Waals surface area contributed by atoms with Crippen LogP contribution in [0, 0.1) is 6.92 Å². The van der Waals surface area contributed by atoms with Crippen molar-refractivity contribution in [1.29, 1.82) is 0 Å². The zero-order valence-electron chi connectivity index (χ0n) is 8.86. The molecule has 0 aliphatic carbocycles. The average molecular weight is 209 g/mol. The summed E-state index contributed by atoms with van der Waals surface area (Å²) >= 11 is 0. The van der Waals surface area contributed by atoms with Crippen LogP contribution in [0.2, 0.25) is 0 Å². The van der Waals surface area contributed by atoms with E-state index in [1.807, 2.05) is 19.1 Å². The highest BCUT2D eigenvalue weighted by molar-refractivity contribution is 5.75. The summed E-state index contributed by atoms with van der Waals surface area (Å²) in [6, 6.07) is 7.09. The number of aromatic hydroxyl groups is 1. The van der Waals surface area contributed by atoms with E-state index in [4.69, 9.17) is 5.11 Å². The van der Waals surface area contributed by atoms with Gasteiger partial charge in [0.2, 0.25) is 5.91 Å². The number of nitrogens with one attached hydrogen (secondary N) is 1. The van der Waals surface area contributed by atoms with Gasteiger partial charge in [-0.25, -0.2) is 0 Å². The molecule has 0 saturated carbocycles. The minimum absolute atomic E-state index is 0.120. The Hall–Kier alpha value is -1.84. The largest absolute Gasteiger partial charge is 0.508 e. The Morgan fingerprint density at radius 2 is 1.93 bits per heavy atom. The molecule has 0 heterocycles. The Kier molecular flexibility index (Phi) is 6.63. The number of phenolic OH excluding ortho intramolecular Hbond substituents is 1. The molecule has 0 aromatic heterocycles. The van der Waals surface area contributed by atoms with Gasteiger partial charge in [0.15, 0.2) is 0 Å². The maximum absolute atomic E-state index is 9.93. The van der Waals surface area contributed by atoms with Crippen LogP contribution in [0.5, 0.6) is 5.75 Å². The normalized spacial score (nSPS) is 8.40. The van der Waals surface area contributed by atoms with Crippen molar-refractivity contribution in [2.24, 2.45) is 0 Å². The van der Waals surface area contributed by atoms with Gasteiger partial charge in [-0.05, 0) is 19.1 Å². The fourth-order valence-corrected chi connectivity index (χ4v) is 0.730. The molecule has 2 N–H and O–H groups in total. The molecule has 1 amide bonds. The Balaban J connectivity index is 0.000000265. The van der Waals surface area contributed by atoms with E-state index in [-0.39, 0.29) is 12.5 Å². The zero-order chi connectivity index (χ0) is 11.7. The van der Waals surface area contributed by atoms with Crippen molar-refractivity contribution in [3.8, 4) is 5.75 Å². The van der Waals surface area contributed by atoms with E-state index in [0.717, 1.165) is 0 Å². The smallest absolute Gasteiger partial charge is 0.217 e. The van der Waals surface area contributed by atoms with E-state index in [1.165, 1.54) is 12.5 Å². The van der Waals surface area contributed by atoms with Crippen LogP contribution >= 0.6 is 0 Å². The van der Waals surface area contributed by atoms with Crippen molar-refractivity contribution in [2.75, 3.05) is 6.54 Å². The first-order valence-electron chi connectivity index (χ1n) is 4.50. The molecule has 1 aromatic rings.